The Labute approximate surface area is 133 Å². The molecule has 1 aliphatic heterocycles. The van der Waals surface area contributed by atoms with E-state index < -0.39 is 0 Å². The largest absolute Gasteiger partial charge is 0.341 e. The first kappa shape index (κ1) is 14.1. The monoisotopic (exact) mass is 320 g/mol. The third-order valence-corrected chi connectivity index (χ3v) is 5.42. The van der Waals surface area contributed by atoms with Gasteiger partial charge in [-0.1, -0.05) is 4.49 Å². The average Bonchev–Trinajstić information content (AvgIpc) is 3.43. The molecular formula is C15H20N4O2S. The molecule has 0 bridgehead atoms. The Morgan fingerprint density at radius 3 is 2.45 bits per heavy atom. The smallest absolute Gasteiger partial charge is 0.267 e. The third-order valence-electron chi connectivity index (χ3n) is 4.69. The van der Waals surface area contributed by atoms with Crippen LogP contribution in [0, 0.1) is 5.92 Å². The fraction of sp³-hybridized carbons (Fsp3) is 0.733. The van der Waals surface area contributed by atoms with E-state index in [0.717, 1.165) is 50.9 Å². The molecule has 118 valence electrons. The molecule has 2 amide bonds. The zero-order valence-corrected chi connectivity index (χ0v) is 13.3. The van der Waals surface area contributed by atoms with Crippen LogP contribution in [0.2, 0.25) is 0 Å². The first-order valence-corrected chi connectivity index (χ1v) is 8.91. The molecule has 0 spiro atoms. The maximum Gasteiger partial charge on any atom is 0.267 e. The van der Waals surface area contributed by atoms with Crippen LogP contribution in [0.5, 0.6) is 0 Å². The molecule has 2 aliphatic carbocycles. The predicted octanol–water partition coefficient (Wildman–Crippen LogP) is 1.50. The molecular weight excluding hydrogens is 300 g/mol. The Morgan fingerprint density at radius 2 is 1.73 bits per heavy atom. The highest BCUT2D eigenvalue weighted by molar-refractivity contribution is 7.08. The molecule has 1 saturated heterocycles. The second kappa shape index (κ2) is 5.61. The minimum Gasteiger partial charge on any atom is -0.341 e. The van der Waals surface area contributed by atoms with Crippen molar-refractivity contribution in [1.29, 1.82) is 0 Å². The Bertz CT molecular complexity index is 594. The Kier molecular flexibility index (Phi) is 3.60. The fourth-order valence-electron chi connectivity index (χ4n) is 3.04. The SMILES string of the molecule is O=C(c1snnc1C1CC1)N1CCCN(C(=O)C2CC2)CC1. The van der Waals surface area contributed by atoms with Gasteiger partial charge in [0.05, 0.1) is 5.69 Å². The van der Waals surface area contributed by atoms with Gasteiger partial charge in [-0.15, -0.1) is 5.10 Å². The summed E-state index contributed by atoms with van der Waals surface area (Å²) in [6, 6.07) is 0. The summed E-state index contributed by atoms with van der Waals surface area (Å²) in [6.45, 7) is 2.77. The lowest BCUT2D eigenvalue weighted by molar-refractivity contribution is -0.132. The van der Waals surface area contributed by atoms with Crippen molar-refractivity contribution < 1.29 is 9.59 Å². The van der Waals surface area contributed by atoms with Crippen LogP contribution in [0.15, 0.2) is 0 Å². The van der Waals surface area contributed by atoms with E-state index in [1.807, 2.05) is 9.80 Å². The summed E-state index contributed by atoms with van der Waals surface area (Å²) in [7, 11) is 0. The van der Waals surface area contributed by atoms with Gasteiger partial charge in [0.25, 0.3) is 5.91 Å². The van der Waals surface area contributed by atoms with Crippen LogP contribution < -0.4 is 0 Å². The molecule has 0 N–H and O–H groups in total. The third kappa shape index (κ3) is 2.74. The van der Waals surface area contributed by atoms with Crippen molar-refractivity contribution in [2.75, 3.05) is 26.2 Å². The number of carbonyl (C=O) groups excluding carboxylic acids is 2. The van der Waals surface area contributed by atoms with Gasteiger partial charge < -0.3 is 9.80 Å². The summed E-state index contributed by atoms with van der Waals surface area (Å²) in [6.07, 6.45) is 5.17. The fourth-order valence-corrected chi connectivity index (χ4v) is 3.76. The minimum absolute atomic E-state index is 0.0534. The van der Waals surface area contributed by atoms with E-state index in [2.05, 4.69) is 9.59 Å². The molecule has 0 unspecified atom stereocenters. The van der Waals surface area contributed by atoms with Gasteiger partial charge in [0.1, 0.15) is 4.88 Å². The molecule has 0 atom stereocenters. The molecule has 0 aromatic carbocycles. The number of aromatic nitrogens is 2. The van der Waals surface area contributed by atoms with E-state index in [0.29, 0.717) is 23.9 Å². The molecule has 1 aromatic heterocycles. The Morgan fingerprint density at radius 1 is 1.00 bits per heavy atom. The summed E-state index contributed by atoms with van der Waals surface area (Å²) in [5.74, 6) is 1.04. The topological polar surface area (TPSA) is 66.4 Å². The normalized spacial score (nSPS) is 22.5. The summed E-state index contributed by atoms with van der Waals surface area (Å²) in [5, 5.41) is 4.15. The lowest BCUT2D eigenvalue weighted by atomic mass is 10.2. The van der Waals surface area contributed by atoms with Gasteiger partial charge in [-0.25, -0.2) is 0 Å². The molecule has 2 heterocycles. The number of amides is 2. The quantitative estimate of drug-likeness (QED) is 0.846. The predicted molar refractivity (Wildman–Crippen MR) is 81.7 cm³/mol. The molecule has 4 rings (SSSR count). The lowest BCUT2D eigenvalue weighted by Crippen LogP contribution is -2.38. The first-order valence-electron chi connectivity index (χ1n) is 8.14. The van der Waals surface area contributed by atoms with Crippen LogP contribution in [-0.4, -0.2) is 57.4 Å². The lowest BCUT2D eigenvalue weighted by Gasteiger charge is -2.22. The van der Waals surface area contributed by atoms with Gasteiger partial charge in [0.15, 0.2) is 0 Å². The highest BCUT2D eigenvalue weighted by atomic mass is 32.1. The first-order chi connectivity index (χ1) is 10.7. The van der Waals surface area contributed by atoms with E-state index in [9.17, 15) is 9.59 Å². The highest BCUT2D eigenvalue weighted by Gasteiger charge is 2.36. The second-order valence-electron chi connectivity index (χ2n) is 6.51. The van der Waals surface area contributed by atoms with Gasteiger partial charge in [-0.05, 0) is 43.6 Å². The van der Waals surface area contributed by atoms with Crippen LogP contribution in [-0.2, 0) is 4.79 Å². The van der Waals surface area contributed by atoms with Crippen LogP contribution in [0.25, 0.3) is 0 Å². The minimum atomic E-state index is 0.0534. The summed E-state index contributed by atoms with van der Waals surface area (Å²) < 4.78 is 3.98. The zero-order chi connectivity index (χ0) is 15.1. The van der Waals surface area contributed by atoms with E-state index in [1.165, 1.54) is 11.5 Å². The molecule has 1 aromatic rings. The highest BCUT2D eigenvalue weighted by Crippen LogP contribution is 2.41. The second-order valence-corrected chi connectivity index (χ2v) is 7.26. The maximum absolute atomic E-state index is 12.7. The number of hydrogen-bond donors (Lipinski definition) is 0. The van der Waals surface area contributed by atoms with Crippen LogP contribution in [0.1, 0.15) is 53.4 Å². The maximum atomic E-state index is 12.7. The Hall–Kier alpha value is -1.50. The van der Waals surface area contributed by atoms with Crippen molar-refractivity contribution in [3.63, 3.8) is 0 Å². The number of carbonyl (C=O) groups is 2. The van der Waals surface area contributed by atoms with Gasteiger partial charge in [0, 0.05) is 38.0 Å². The van der Waals surface area contributed by atoms with Crippen LogP contribution in [0.3, 0.4) is 0 Å². The molecule has 22 heavy (non-hydrogen) atoms. The summed E-state index contributed by atoms with van der Waals surface area (Å²) >= 11 is 1.22. The molecule has 3 aliphatic rings. The van der Waals surface area contributed by atoms with Crippen LogP contribution in [0.4, 0.5) is 0 Å². The van der Waals surface area contributed by atoms with Crippen molar-refractivity contribution in [3.05, 3.63) is 10.6 Å². The van der Waals surface area contributed by atoms with Gasteiger partial charge in [-0.3, -0.25) is 9.59 Å². The number of nitrogens with zero attached hydrogens (tertiary/aromatic N) is 4. The molecule has 3 fully saturated rings. The number of hydrogen-bond acceptors (Lipinski definition) is 5. The van der Waals surface area contributed by atoms with Gasteiger partial charge in [-0.2, -0.15) is 0 Å². The van der Waals surface area contributed by atoms with Gasteiger partial charge >= 0.3 is 0 Å². The van der Waals surface area contributed by atoms with Crippen molar-refractivity contribution in [1.82, 2.24) is 19.4 Å². The van der Waals surface area contributed by atoms with E-state index in [4.69, 9.17) is 0 Å². The summed E-state index contributed by atoms with van der Waals surface area (Å²) in [4.78, 5) is 29.4. The average molecular weight is 320 g/mol. The van der Waals surface area contributed by atoms with E-state index >= 15 is 0 Å². The van der Waals surface area contributed by atoms with Crippen molar-refractivity contribution in [3.8, 4) is 0 Å². The van der Waals surface area contributed by atoms with E-state index in [-0.39, 0.29) is 17.7 Å². The standard InChI is InChI=1S/C15H20N4O2S/c20-14(11-4-5-11)18-6-1-7-19(9-8-18)15(21)13-12(10-2-3-10)16-17-22-13/h10-11H,1-9H2. The molecule has 6 nitrogen and oxygen atoms in total. The van der Waals surface area contributed by atoms with Crippen molar-refractivity contribution in [2.45, 2.75) is 38.0 Å². The Balaban J connectivity index is 1.42. The van der Waals surface area contributed by atoms with Crippen molar-refractivity contribution >= 4 is 23.3 Å². The molecule has 2 saturated carbocycles. The summed E-state index contributed by atoms with van der Waals surface area (Å²) in [5.41, 5.74) is 0.894. The zero-order valence-electron chi connectivity index (χ0n) is 12.5. The van der Waals surface area contributed by atoms with Gasteiger partial charge in [0.2, 0.25) is 5.91 Å². The van der Waals surface area contributed by atoms with E-state index in [1.54, 1.807) is 0 Å². The number of rotatable bonds is 3. The molecule has 0 radical (unpaired) electrons. The van der Waals surface area contributed by atoms with Crippen molar-refractivity contribution in [2.24, 2.45) is 5.92 Å². The molecule has 7 heteroatoms. The van der Waals surface area contributed by atoms with Crippen LogP contribution >= 0.6 is 11.5 Å².